The molecular formula is C20H26N2O5S. The summed E-state index contributed by atoms with van der Waals surface area (Å²) in [7, 11) is -1.90. The molecule has 0 amide bonds. The average Bonchev–Trinajstić information content (AvgIpc) is 2.65. The minimum Gasteiger partial charge on any atom is -0.486 e. The lowest BCUT2D eigenvalue weighted by Crippen LogP contribution is -2.29. The number of nitrogens with two attached hydrogens (primary N) is 1. The molecule has 1 unspecified atom stereocenters. The number of primary sulfonamides is 1. The molecule has 8 heteroatoms. The van der Waals surface area contributed by atoms with Crippen molar-refractivity contribution in [3.05, 3.63) is 60.2 Å². The second-order valence-corrected chi connectivity index (χ2v) is 7.93. The number of hydrogen-bond donors (Lipinski definition) is 1. The Morgan fingerprint density at radius 3 is 2.32 bits per heavy atom. The van der Waals surface area contributed by atoms with Gasteiger partial charge in [0.25, 0.3) is 0 Å². The fraction of sp³-hybridized carbons (Fsp3) is 0.350. The third-order valence-corrected chi connectivity index (χ3v) is 5.01. The fourth-order valence-electron chi connectivity index (χ4n) is 2.68. The second-order valence-electron chi connectivity index (χ2n) is 6.37. The van der Waals surface area contributed by atoms with Gasteiger partial charge < -0.3 is 9.47 Å². The van der Waals surface area contributed by atoms with Gasteiger partial charge in [0.15, 0.2) is 0 Å². The summed E-state index contributed by atoms with van der Waals surface area (Å²) in [5.74, 6) is 0.273. The zero-order valence-electron chi connectivity index (χ0n) is 16.1. The Hall–Kier alpha value is -2.42. The molecule has 0 bridgehead atoms. The molecule has 2 N–H and O–H groups in total. The van der Waals surface area contributed by atoms with Crippen LogP contribution in [0.5, 0.6) is 5.75 Å². The fourth-order valence-corrected chi connectivity index (χ4v) is 3.19. The van der Waals surface area contributed by atoms with Crippen LogP contribution in [0.1, 0.15) is 25.0 Å². The average molecular weight is 407 g/mol. The van der Waals surface area contributed by atoms with Crippen molar-refractivity contribution in [1.82, 2.24) is 4.90 Å². The van der Waals surface area contributed by atoms with Gasteiger partial charge >= 0.3 is 5.97 Å². The molecule has 2 aromatic carbocycles. The van der Waals surface area contributed by atoms with Crippen molar-refractivity contribution >= 4 is 16.0 Å². The SMILES string of the molecule is CCOC(=O)CN(C)CCC(Oc1ccc(S(N)(=O)=O)cc1)c1ccccc1. The Morgan fingerprint density at radius 1 is 1.11 bits per heavy atom. The van der Waals surface area contributed by atoms with Crippen LogP contribution >= 0.6 is 0 Å². The molecule has 1 atom stereocenters. The Kier molecular flexibility index (Phi) is 7.98. The quantitative estimate of drug-likeness (QED) is 0.608. The first-order valence-corrected chi connectivity index (χ1v) is 10.5. The summed E-state index contributed by atoms with van der Waals surface area (Å²) in [5.41, 5.74) is 0.988. The van der Waals surface area contributed by atoms with Gasteiger partial charge in [-0.15, -0.1) is 0 Å². The number of likely N-dealkylation sites (N-methyl/N-ethyl adjacent to an activating group) is 1. The van der Waals surface area contributed by atoms with E-state index in [4.69, 9.17) is 14.6 Å². The maximum absolute atomic E-state index is 11.6. The molecule has 0 spiro atoms. The molecule has 0 fully saturated rings. The molecule has 0 saturated heterocycles. The molecule has 0 radical (unpaired) electrons. The third-order valence-electron chi connectivity index (χ3n) is 4.08. The van der Waals surface area contributed by atoms with Crippen molar-refractivity contribution in [1.29, 1.82) is 0 Å². The first-order valence-electron chi connectivity index (χ1n) is 8.98. The lowest BCUT2D eigenvalue weighted by Gasteiger charge is -2.23. The lowest BCUT2D eigenvalue weighted by atomic mass is 10.1. The number of benzene rings is 2. The molecule has 0 aliphatic heterocycles. The number of sulfonamides is 1. The van der Waals surface area contributed by atoms with Crippen LogP contribution in [0.3, 0.4) is 0 Å². The van der Waals surface area contributed by atoms with Gasteiger partial charge in [-0.05, 0) is 43.8 Å². The predicted molar refractivity (Wildman–Crippen MR) is 106 cm³/mol. The highest BCUT2D eigenvalue weighted by molar-refractivity contribution is 7.89. The van der Waals surface area contributed by atoms with Crippen LogP contribution in [0, 0.1) is 0 Å². The summed E-state index contributed by atoms with van der Waals surface area (Å²) in [4.78, 5) is 13.5. The molecule has 2 rings (SSSR count). The van der Waals surface area contributed by atoms with Crippen molar-refractivity contribution in [3.8, 4) is 5.75 Å². The lowest BCUT2D eigenvalue weighted by molar-refractivity contribution is -0.144. The normalized spacial score (nSPS) is 12.6. The van der Waals surface area contributed by atoms with Crippen molar-refractivity contribution in [2.45, 2.75) is 24.3 Å². The summed E-state index contributed by atoms with van der Waals surface area (Å²) < 4.78 is 33.8. The van der Waals surface area contributed by atoms with Crippen LogP contribution in [-0.2, 0) is 19.6 Å². The first-order chi connectivity index (χ1) is 13.3. The van der Waals surface area contributed by atoms with E-state index in [0.717, 1.165) is 5.56 Å². The second kappa shape index (κ2) is 10.2. The van der Waals surface area contributed by atoms with Crippen molar-refractivity contribution < 1.29 is 22.7 Å². The maximum atomic E-state index is 11.6. The Balaban J connectivity index is 2.07. The number of ether oxygens (including phenoxy) is 2. The molecule has 2 aromatic rings. The number of carbonyl (C=O) groups is 1. The zero-order chi connectivity index (χ0) is 20.6. The van der Waals surface area contributed by atoms with Gasteiger partial charge in [0.2, 0.25) is 10.0 Å². The first kappa shape index (κ1) is 21.9. The Morgan fingerprint density at radius 2 is 1.75 bits per heavy atom. The molecule has 7 nitrogen and oxygen atoms in total. The molecule has 0 aromatic heterocycles. The van der Waals surface area contributed by atoms with Gasteiger partial charge in [0, 0.05) is 13.0 Å². The third kappa shape index (κ3) is 6.95. The summed E-state index contributed by atoms with van der Waals surface area (Å²) in [5, 5.41) is 5.13. The topological polar surface area (TPSA) is 98.9 Å². The van der Waals surface area contributed by atoms with Crippen LogP contribution in [0.4, 0.5) is 0 Å². The minimum atomic E-state index is -3.74. The van der Waals surface area contributed by atoms with Gasteiger partial charge in [-0.1, -0.05) is 30.3 Å². The van der Waals surface area contributed by atoms with E-state index in [2.05, 4.69) is 0 Å². The van der Waals surface area contributed by atoms with E-state index >= 15 is 0 Å². The van der Waals surface area contributed by atoms with Gasteiger partial charge in [0.1, 0.15) is 11.9 Å². The van der Waals surface area contributed by atoms with E-state index in [9.17, 15) is 13.2 Å². The zero-order valence-corrected chi connectivity index (χ0v) is 16.9. The summed E-state index contributed by atoms with van der Waals surface area (Å²) >= 11 is 0. The standard InChI is InChI=1S/C20H26N2O5S/c1-3-26-20(23)15-22(2)14-13-19(16-7-5-4-6-8-16)27-17-9-11-18(12-10-17)28(21,24)25/h4-12,19H,3,13-15H2,1-2H3,(H2,21,24,25). The molecule has 152 valence electrons. The molecule has 0 aliphatic rings. The number of hydrogen-bond acceptors (Lipinski definition) is 6. The van der Waals surface area contributed by atoms with E-state index in [1.54, 1.807) is 19.1 Å². The van der Waals surface area contributed by atoms with E-state index in [-0.39, 0.29) is 23.5 Å². The van der Waals surface area contributed by atoms with Crippen LogP contribution < -0.4 is 9.88 Å². The van der Waals surface area contributed by atoms with Gasteiger partial charge in [-0.2, -0.15) is 0 Å². The van der Waals surface area contributed by atoms with Gasteiger partial charge in [0.05, 0.1) is 18.0 Å². The highest BCUT2D eigenvalue weighted by Gasteiger charge is 2.16. The van der Waals surface area contributed by atoms with Crippen LogP contribution in [0.25, 0.3) is 0 Å². The van der Waals surface area contributed by atoms with E-state index < -0.39 is 10.0 Å². The molecule has 0 saturated carbocycles. The Labute approximate surface area is 166 Å². The number of rotatable bonds is 10. The molecule has 0 heterocycles. The van der Waals surface area contributed by atoms with Crippen LogP contribution in [0.15, 0.2) is 59.5 Å². The van der Waals surface area contributed by atoms with Gasteiger partial charge in [-0.3, -0.25) is 9.69 Å². The largest absolute Gasteiger partial charge is 0.486 e. The molecular weight excluding hydrogens is 380 g/mol. The van der Waals surface area contributed by atoms with Crippen LogP contribution in [-0.4, -0.2) is 46.0 Å². The number of nitrogens with zero attached hydrogens (tertiary/aromatic N) is 1. The van der Waals surface area contributed by atoms with Crippen molar-refractivity contribution in [2.24, 2.45) is 5.14 Å². The maximum Gasteiger partial charge on any atom is 0.320 e. The predicted octanol–water partition coefficient (Wildman–Crippen LogP) is 2.34. The van der Waals surface area contributed by atoms with E-state index in [1.807, 2.05) is 42.3 Å². The monoisotopic (exact) mass is 406 g/mol. The molecule has 0 aliphatic carbocycles. The van der Waals surface area contributed by atoms with Gasteiger partial charge in [-0.25, -0.2) is 13.6 Å². The minimum absolute atomic E-state index is 0.0327. The highest BCUT2D eigenvalue weighted by Crippen LogP contribution is 2.26. The number of esters is 1. The number of carbonyl (C=O) groups excluding carboxylic acids is 1. The van der Waals surface area contributed by atoms with E-state index in [1.165, 1.54) is 12.1 Å². The Bertz CT molecular complexity index is 854. The van der Waals surface area contributed by atoms with Crippen LogP contribution in [0.2, 0.25) is 0 Å². The summed E-state index contributed by atoms with van der Waals surface area (Å²) in [6, 6.07) is 15.7. The smallest absolute Gasteiger partial charge is 0.320 e. The summed E-state index contributed by atoms with van der Waals surface area (Å²) in [6.45, 7) is 2.96. The highest BCUT2D eigenvalue weighted by atomic mass is 32.2. The molecule has 28 heavy (non-hydrogen) atoms. The van der Waals surface area contributed by atoms with Crippen molar-refractivity contribution in [2.75, 3.05) is 26.7 Å². The summed E-state index contributed by atoms with van der Waals surface area (Å²) in [6.07, 6.45) is 0.378. The van der Waals surface area contributed by atoms with E-state index in [0.29, 0.717) is 25.3 Å². The van der Waals surface area contributed by atoms with Crippen molar-refractivity contribution in [3.63, 3.8) is 0 Å².